The van der Waals surface area contributed by atoms with Crippen molar-refractivity contribution in [2.75, 3.05) is 45.2 Å². The summed E-state index contributed by atoms with van der Waals surface area (Å²) in [6.07, 6.45) is 1.80. The molecule has 0 spiro atoms. The van der Waals surface area contributed by atoms with Crippen molar-refractivity contribution in [2.24, 2.45) is 0 Å². The van der Waals surface area contributed by atoms with Crippen LogP contribution in [0.2, 0.25) is 0 Å². The summed E-state index contributed by atoms with van der Waals surface area (Å²) in [7, 11) is -0.668. The molecule has 0 saturated carbocycles. The van der Waals surface area contributed by atoms with E-state index in [0.717, 1.165) is 32.0 Å². The van der Waals surface area contributed by atoms with Gasteiger partial charge in [-0.25, -0.2) is 26.8 Å². The number of nitrogens with zero attached hydrogens (tertiary/aromatic N) is 7. The summed E-state index contributed by atoms with van der Waals surface area (Å²) in [4.78, 5) is 9.10. The highest BCUT2D eigenvalue weighted by molar-refractivity contribution is 7.89. The minimum atomic E-state index is -3.65. The zero-order chi connectivity index (χ0) is 26.9. The fourth-order valence-electron chi connectivity index (χ4n) is 4.36. The zero-order valence-electron chi connectivity index (χ0n) is 21.1. The summed E-state index contributed by atoms with van der Waals surface area (Å²) in [5.41, 5.74) is 1.22. The van der Waals surface area contributed by atoms with Crippen LogP contribution >= 0.6 is 12.2 Å². The molecular formula is C26H28FN7O2S2. The second-order valence-corrected chi connectivity index (χ2v) is 11.7. The molecule has 0 aliphatic carbocycles. The smallest absolute Gasteiger partial charge is 0.242 e. The fourth-order valence-corrected chi connectivity index (χ4v) is 5.60. The number of halogens is 1. The lowest BCUT2D eigenvalue weighted by molar-refractivity contribution is 0.194. The van der Waals surface area contributed by atoms with Gasteiger partial charge in [0.05, 0.1) is 17.3 Å². The molecule has 0 unspecified atom stereocenters. The van der Waals surface area contributed by atoms with Gasteiger partial charge in [0, 0.05) is 52.0 Å². The van der Waals surface area contributed by atoms with E-state index in [-0.39, 0.29) is 10.7 Å². The van der Waals surface area contributed by atoms with Crippen molar-refractivity contribution in [2.45, 2.75) is 11.6 Å². The Labute approximate surface area is 226 Å². The minimum absolute atomic E-state index is 0.150. The topological polar surface area (TPSA) is 79.5 Å². The van der Waals surface area contributed by atoms with Gasteiger partial charge in [-0.15, -0.1) is 5.10 Å². The summed E-state index contributed by atoms with van der Waals surface area (Å²) in [6, 6.07) is 18.5. The SMILES string of the molecule is CN(C)S(=O)(=O)c1cccc(-c2nn(CN3CCN(c4ccccn4)CC3)c(=S)n2-c2ccc(F)cc2)c1. The van der Waals surface area contributed by atoms with Crippen LogP contribution < -0.4 is 4.90 Å². The van der Waals surface area contributed by atoms with Crippen LogP contribution in [0, 0.1) is 10.6 Å². The first-order chi connectivity index (χ1) is 18.2. The number of hydrogen-bond acceptors (Lipinski definition) is 7. The van der Waals surface area contributed by atoms with E-state index in [1.165, 1.54) is 30.5 Å². The molecule has 38 heavy (non-hydrogen) atoms. The third-order valence-corrected chi connectivity index (χ3v) is 8.68. The second kappa shape index (κ2) is 10.7. The van der Waals surface area contributed by atoms with Crippen LogP contribution in [0.15, 0.2) is 77.8 Å². The largest absolute Gasteiger partial charge is 0.354 e. The summed E-state index contributed by atoms with van der Waals surface area (Å²) >= 11 is 5.84. The fraction of sp³-hybridized carbons (Fsp3) is 0.269. The van der Waals surface area contributed by atoms with Gasteiger partial charge in [0.1, 0.15) is 11.6 Å². The monoisotopic (exact) mass is 553 g/mol. The van der Waals surface area contributed by atoms with Crippen LogP contribution in [0.3, 0.4) is 0 Å². The van der Waals surface area contributed by atoms with E-state index in [1.807, 2.05) is 18.2 Å². The Morgan fingerprint density at radius 1 is 0.974 bits per heavy atom. The molecule has 0 radical (unpaired) electrons. The van der Waals surface area contributed by atoms with Gasteiger partial charge in [-0.2, -0.15) is 0 Å². The van der Waals surface area contributed by atoms with Gasteiger partial charge < -0.3 is 4.90 Å². The molecule has 0 N–H and O–H groups in total. The molecular weight excluding hydrogens is 525 g/mol. The third-order valence-electron chi connectivity index (χ3n) is 6.47. The standard InChI is InChI=1S/C26H28FN7O2S2/c1-30(2)38(35,36)23-7-5-6-20(18-23)25-29-33(26(37)34(25)22-11-9-21(27)10-12-22)19-31-14-16-32(17-15-31)24-8-3-4-13-28-24/h3-13,18H,14-17,19H2,1-2H3. The first kappa shape index (κ1) is 26.2. The van der Waals surface area contributed by atoms with Crippen LogP contribution in [0.1, 0.15) is 0 Å². The van der Waals surface area contributed by atoms with Gasteiger partial charge in [-0.05, 0) is 60.7 Å². The van der Waals surface area contributed by atoms with E-state index in [1.54, 1.807) is 51.8 Å². The lowest BCUT2D eigenvalue weighted by Crippen LogP contribution is -2.47. The number of aromatic nitrogens is 4. The molecule has 0 bridgehead atoms. The molecule has 198 valence electrons. The summed E-state index contributed by atoms with van der Waals surface area (Å²) in [6.45, 7) is 3.70. The third kappa shape index (κ3) is 5.25. The van der Waals surface area contributed by atoms with E-state index >= 15 is 0 Å². The predicted octanol–water partition coefficient (Wildman–Crippen LogP) is 3.63. The molecule has 5 rings (SSSR count). The number of benzene rings is 2. The Kier molecular flexibility index (Phi) is 7.39. The van der Waals surface area contributed by atoms with Crippen LogP contribution in [0.5, 0.6) is 0 Å². The predicted molar refractivity (Wildman–Crippen MR) is 147 cm³/mol. The minimum Gasteiger partial charge on any atom is -0.354 e. The Hall–Kier alpha value is -3.45. The van der Waals surface area contributed by atoms with Gasteiger partial charge >= 0.3 is 0 Å². The van der Waals surface area contributed by atoms with E-state index in [4.69, 9.17) is 17.3 Å². The molecule has 2 aromatic carbocycles. The van der Waals surface area contributed by atoms with Crippen molar-refractivity contribution in [3.8, 4) is 17.1 Å². The van der Waals surface area contributed by atoms with Gasteiger partial charge in [-0.3, -0.25) is 9.47 Å². The maximum absolute atomic E-state index is 13.7. The van der Waals surface area contributed by atoms with Crippen molar-refractivity contribution in [3.63, 3.8) is 0 Å². The van der Waals surface area contributed by atoms with Crippen molar-refractivity contribution in [1.82, 2.24) is 28.5 Å². The molecule has 12 heteroatoms. The lowest BCUT2D eigenvalue weighted by Gasteiger charge is -2.35. The van der Waals surface area contributed by atoms with Gasteiger partial charge in [0.15, 0.2) is 5.82 Å². The van der Waals surface area contributed by atoms with Crippen LogP contribution in [-0.2, 0) is 16.7 Å². The number of anilines is 1. The second-order valence-electron chi connectivity index (χ2n) is 9.17. The first-order valence-corrected chi connectivity index (χ1v) is 14.0. The summed E-state index contributed by atoms with van der Waals surface area (Å²) in [5, 5.41) is 4.82. The maximum atomic E-state index is 13.7. The Bertz CT molecular complexity index is 1580. The molecule has 3 heterocycles. The van der Waals surface area contributed by atoms with Crippen molar-refractivity contribution in [3.05, 3.63) is 83.5 Å². The highest BCUT2D eigenvalue weighted by atomic mass is 32.2. The van der Waals surface area contributed by atoms with Crippen LogP contribution in [0.4, 0.5) is 10.2 Å². The molecule has 1 fully saturated rings. The summed E-state index contributed by atoms with van der Waals surface area (Å²) < 4.78 is 44.4. The van der Waals surface area contributed by atoms with Crippen molar-refractivity contribution in [1.29, 1.82) is 0 Å². The average molecular weight is 554 g/mol. The Balaban J connectivity index is 1.48. The number of piperazine rings is 1. The molecule has 2 aromatic heterocycles. The van der Waals surface area contributed by atoms with E-state index in [2.05, 4.69) is 14.8 Å². The Morgan fingerprint density at radius 3 is 2.37 bits per heavy atom. The van der Waals surface area contributed by atoms with Crippen LogP contribution in [-0.4, -0.2) is 77.2 Å². The van der Waals surface area contributed by atoms with Crippen molar-refractivity contribution < 1.29 is 12.8 Å². The number of sulfonamides is 1. The normalized spacial score (nSPS) is 14.8. The van der Waals surface area contributed by atoms with E-state index < -0.39 is 10.0 Å². The van der Waals surface area contributed by atoms with Crippen molar-refractivity contribution >= 4 is 28.1 Å². The number of rotatable bonds is 7. The van der Waals surface area contributed by atoms with Gasteiger partial charge in [0.25, 0.3) is 0 Å². The highest BCUT2D eigenvalue weighted by Gasteiger charge is 2.23. The summed E-state index contributed by atoms with van der Waals surface area (Å²) in [5.74, 6) is 1.07. The molecule has 1 aliphatic rings. The maximum Gasteiger partial charge on any atom is 0.242 e. The highest BCUT2D eigenvalue weighted by Crippen LogP contribution is 2.26. The Morgan fingerprint density at radius 2 is 1.71 bits per heavy atom. The number of hydrogen-bond donors (Lipinski definition) is 0. The molecule has 0 amide bonds. The lowest BCUT2D eigenvalue weighted by atomic mass is 10.2. The average Bonchev–Trinajstić information content (AvgIpc) is 3.25. The molecule has 1 saturated heterocycles. The zero-order valence-corrected chi connectivity index (χ0v) is 22.7. The molecule has 4 aromatic rings. The first-order valence-electron chi connectivity index (χ1n) is 12.1. The molecule has 1 aliphatic heterocycles. The molecule has 0 atom stereocenters. The van der Waals surface area contributed by atoms with Crippen LogP contribution in [0.25, 0.3) is 17.1 Å². The van der Waals surface area contributed by atoms with Gasteiger partial charge in [-0.1, -0.05) is 18.2 Å². The molecule has 9 nitrogen and oxygen atoms in total. The van der Waals surface area contributed by atoms with E-state index in [9.17, 15) is 12.8 Å². The quantitative estimate of drug-likeness (QED) is 0.324. The number of pyridine rings is 1. The van der Waals surface area contributed by atoms with Gasteiger partial charge in [0.2, 0.25) is 14.8 Å². The van der Waals surface area contributed by atoms with E-state index in [0.29, 0.717) is 28.5 Å².